The molecule has 2 heterocycles. The third-order valence-corrected chi connectivity index (χ3v) is 7.94. The zero-order valence-corrected chi connectivity index (χ0v) is 22.9. The van der Waals surface area contributed by atoms with E-state index in [2.05, 4.69) is 33.9 Å². The summed E-state index contributed by atoms with van der Waals surface area (Å²) in [5.41, 5.74) is 5.06. The molecule has 4 aromatic rings. The quantitative estimate of drug-likeness (QED) is 0.206. The number of nitrogens with zero attached hydrogens (tertiary/aromatic N) is 3. The van der Waals surface area contributed by atoms with Crippen molar-refractivity contribution in [2.45, 2.75) is 32.4 Å². The number of nitrogens with one attached hydrogen (secondary N) is 1. The molecule has 36 heavy (non-hydrogen) atoms. The average Bonchev–Trinajstić information content (AvgIpc) is 3.21. The minimum Gasteiger partial charge on any atom is -0.361 e. The molecule has 7 nitrogen and oxygen atoms in total. The van der Waals surface area contributed by atoms with Gasteiger partial charge < -0.3 is 4.74 Å². The molecule has 0 atom stereocenters. The number of sulfonamides is 1. The van der Waals surface area contributed by atoms with Gasteiger partial charge in [0.05, 0.1) is 17.6 Å². The lowest BCUT2D eigenvalue weighted by molar-refractivity contribution is 0.0893. The summed E-state index contributed by atoms with van der Waals surface area (Å²) in [6.07, 6.45) is 4.65. The lowest BCUT2D eigenvalue weighted by Gasteiger charge is -2.18. The molecule has 4 rings (SSSR count). The molecule has 0 saturated carbocycles. The number of anilines is 1. The van der Waals surface area contributed by atoms with E-state index >= 15 is 0 Å². The monoisotopic (exact) mass is 520 g/mol. The Balaban J connectivity index is 1.84. The lowest BCUT2D eigenvalue weighted by atomic mass is 10.1. The Bertz CT molecular complexity index is 1400. The minimum atomic E-state index is -3.36. The van der Waals surface area contributed by atoms with Crippen LogP contribution in [0.4, 0.5) is 5.69 Å². The Morgan fingerprint density at radius 1 is 0.889 bits per heavy atom. The average molecular weight is 521 g/mol. The Labute approximate surface area is 214 Å². The van der Waals surface area contributed by atoms with Gasteiger partial charge in [-0.1, -0.05) is 62.1 Å². The van der Waals surface area contributed by atoms with Crippen LogP contribution in [0, 0.1) is 0 Å². The van der Waals surface area contributed by atoms with Crippen LogP contribution in [0.3, 0.4) is 0 Å². The molecule has 0 radical (unpaired) electrons. The minimum absolute atomic E-state index is 0.353. The highest BCUT2D eigenvalue weighted by Gasteiger charge is 2.22. The van der Waals surface area contributed by atoms with Gasteiger partial charge in [-0.2, -0.15) is 0 Å². The smallest absolute Gasteiger partial charge is 0.229 e. The van der Waals surface area contributed by atoms with Crippen LogP contribution in [0.15, 0.2) is 79.1 Å². The van der Waals surface area contributed by atoms with Crippen LogP contribution < -0.4 is 4.72 Å². The summed E-state index contributed by atoms with van der Waals surface area (Å²) in [4.78, 5) is 9.26. The number of rotatable bonds is 10. The summed E-state index contributed by atoms with van der Waals surface area (Å²) >= 11 is 0. The number of benzene rings is 2. The van der Waals surface area contributed by atoms with Crippen LogP contribution in [-0.4, -0.2) is 43.9 Å². The van der Waals surface area contributed by atoms with Gasteiger partial charge in [-0.25, -0.2) is 13.4 Å². The molecule has 0 saturated heterocycles. The molecule has 0 unspecified atom stereocenters. The van der Waals surface area contributed by atoms with Crippen molar-refractivity contribution >= 4 is 23.8 Å². The van der Waals surface area contributed by atoms with Crippen molar-refractivity contribution in [2.75, 3.05) is 17.6 Å². The van der Waals surface area contributed by atoms with Crippen molar-refractivity contribution in [1.29, 1.82) is 0 Å². The van der Waals surface area contributed by atoms with Crippen molar-refractivity contribution in [1.82, 2.24) is 14.5 Å². The van der Waals surface area contributed by atoms with E-state index in [1.165, 1.54) is 0 Å². The second-order valence-corrected chi connectivity index (χ2v) is 17.3. The number of hydrogen-bond donors (Lipinski definition) is 1. The van der Waals surface area contributed by atoms with E-state index in [0.717, 1.165) is 46.2 Å². The number of ether oxygens (including phenoxy) is 1. The molecule has 2 aromatic carbocycles. The molecular weight excluding hydrogens is 488 g/mol. The number of imidazole rings is 1. The normalized spacial score (nSPS) is 12.0. The van der Waals surface area contributed by atoms with Crippen molar-refractivity contribution in [2.24, 2.45) is 0 Å². The van der Waals surface area contributed by atoms with Gasteiger partial charge in [-0.3, -0.25) is 14.3 Å². The molecule has 0 aliphatic heterocycles. The predicted molar refractivity (Wildman–Crippen MR) is 149 cm³/mol. The van der Waals surface area contributed by atoms with Gasteiger partial charge in [-0.15, -0.1) is 0 Å². The molecule has 0 spiro atoms. The Morgan fingerprint density at radius 3 is 2.17 bits per heavy atom. The van der Waals surface area contributed by atoms with Gasteiger partial charge >= 0.3 is 0 Å². The van der Waals surface area contributed by atoms with Crippen molar-refractivity contribution in [3.05, 3.63) is 79.1 Å². The molecule has 1 N–H and O–H groups in total. The number of aromatic nitrogens is 3. The van der Waals surface area contributed by atoms with Gasteiger partial charge in [0.2, 0.25) is 10.0 Å². The van der Waals surface area contributed by atoms with Crippen molar-refractivity contribution in [3.63, 3.8) is 0 Å². The summed E-state index contributed by atoms with van der Waals surface area (Å²) in [7, 11) is -4.60. The zero-order valence-electron chi connectivity index (χ0n) is 21.1. The third-order valence-electron chi connectivity index (χ3n) is 5.63. The van der Waals surface area contributed by atoms with Crippen LogP contribution in [0.1, 0.15) is 0 Å². The molecule has 188 valence electrons. The van der Waals surface area contributed by atoms with Crippen molar-refractivity contribution < 1.29 is 13.2 Å². The fourth-order valence-corrected chi connectivity index (χ4v) is 5.16. The van der Waals surface area contributed by atoms with E-state index in [1.807, 2.05) is 54.6 Å². The van der Waals surface area contributed by atoms with Gasteiger partial charge in [0.1, 0.15) is 12.6 Å². The van der Waals surface area contributed by atoms with E-state index in [0.29, 0.717) is 19.0 Å². The maximum absolute atomic E-state index is 11.7. The van der Waals surface area contributed by atoms with E-state index in [9.17, 15) is 8.42 Å². The Morgan fingerprint density at radius 2 is 1.56 bits per heavy atom. The van der Waals surface area contributed by atoms with Crippen LogP contribution in [0.2, 0.25) is 25.7 Å². The second kappa shape index (κ2) is 10.8. The maximum Gasteiger partial charge on any atom is 0.229 e. The molecule has 0 fully saturated rings. The molecule has 0 bridgehead atoms. The Hall–Kier alpha value is -3.27. The summed E-state index contributed by atoms with van der Waals surface area (Å²) in [5, 5.41) is 0. The van der Waals surface area contributed by atoms with E-state index in [1.54, 1.807) is 24.5 Å². The largest absolute Gasteiger partial charge is 0.361 e. The first-order valence-electron chi connectivity index (χ1n) is 11.8. The van der Waals surface area contributed by atoms with Gasteiger partial charge in [-0.05, 0) is 30.3 Å². The third kappa shape index (κ3) is 6.69. The first-order valence-corrected chi connectivity index (χ1v) is 17.4. The highest BCUT2D eigenvalue weighted by atomic mass is 32.2. The highest BCUT2D eigenvalue weighted by Crippen LogP contribution is 2.36. The molecule has 0 aliphatic rings. The number of pyridine rings is 1. The second-order valence-electron chi connectivity index (χ2n) is 9.96. The first kappa shape index (κ1) is 25.8. The van der Waals surface area contributed by atoms with Crippen LogP contribution >= 0.6 is 0 Å². The van der Waals surface area contributed by atoms with Crippen molar-refractivity contribution in [3.8, 4) is 33.9 Å². The maximum atomic E-state index is 11.7. The zero-order chi connectivity index (χ0) is 25.8. The van der Waals surface area contributed by atoms with Crippen LogP contribution in [0.5, 0.6) is 0 Å². The fourth-order valence-electron chi connectivity index (χ4n) is 3.83. The van der Waals surface area contributed by atoms with Gasteiger partial charge in [0.25, 0.3) is 0 Å². The van der Waals surface area contributed by atoms with E-state index < -0.39 is 18.1 Å². The molecule has 0 amide bonds. The Kier molecular flexibility index (Phi) is 7.72. The molecule has 2 aromatic heterocycles. The highest BCUT2D eigenvalue weighted by molar-refractivity contribution is 7.92. The fraction of sp³-hybridized carbons (Fsp3) is 0.259. The van der Waals surface area contributed by atoms with Gasteiger partial charge in [0.15, 0.2) is 0 Å². The van der Waals surface area contributed by atoms with Gasteiger partial charge in [0, 0.05) is 49.5 Å². The predicted octanol–water partition coefficient (Wildman–Crippen LogP) is 5.96. The van der Waals surface area contributed by atoms with E-state index in [-0.39, 0.29) is 0 Å². The topological polar surface area (TPSA) is 86.1 Å². The molecule has 0 aliphatic carbocycles. The molecular formula is C27H32N4O3SSi. The standard InChI is InChI=1S/C27H32N4O3SSi/c1-35(32,33)30-24-12-10-22(11-13-24)26-25(21-14-16-28-17-15-21)29-27(23-8-6-5-7-9-23)31(26)20-34-18-19-36(2,3)4/h5-17,30H,18-20H2,1-4H3. The summed E-state index contributed by atoms with van der Waals surface area (Å²) in [5.74, 6) is 0.809. The van der Waals surface area contributed by atoms with Crippen LogP contribution in [0.25, 0.3) is 33.9 Å². The summed E-state index contributed by atoms with van der Waals surface area (Å²) < 4.78 is 34.2. The number of hydrogen-bond acceptors (Lipinski definition) is 5. The first-order chi connectivity index (χ1) is 17.1. The van der Waals surface area contributed by atoms with E-state index in [4.69, 9.17) is 9.72 Å². The SMILES string of the molecule is C[Si](C)(C)CCOCn1c(-c2ccccc2)nc(-c2ccncc2)c1-c1ccc(NS(C)(=O)=O)cc1. The van der Waals surface area contributed by atoms with Crippen LogP contribution in [-0.2, 0) is 21.5 Å². The summed E-state index contributed by atoms with van der Waals surface area (Å²) in [6, 6.07) is 22.4. The lowest BCUT2D eigenvalue weighted by Crippen LogP contribution is -2.22. The molecule has 9 heteroatoms. The summed E-state index contributed by atoms with van der Waals surface area (Å²) in [6.45, 7) is 8.04.